The molecule has 0 aliphatic carbocycles. The molecule has 1 aromatic carbocycles. The van der Waals surface area contributed by atoms with Crippen LogP contribution in [0.5, 0.6) is 5.75 Å². The number of halogens is 1. The Morgan fingerprint density at radius 3 is 2.41 bits per heavy atom. The first kappa shape index (κ1) is 16.3. The molecule has 0 spiro atoms. The zero-order valence-corrected chi connectivity index (χ0v) is 13.9. The summed E-state index contributed by atoms with van der Waals surface area (Å²) in [6, 6.07) is 8.51. The van der Waals surface area contributed by atoms with Gasteiger partial charge in [-0.15, -0.1) is 0 Å². The standard InChI is InChI=1S/C16H16BrNO4/c1-3-18-13(9-15(19)20)12(17)8-14(18)16(21)10-4-6-11(22-2)7-5-10/h4-8H,3,9H2,1-2H3,(H,19,20). The summed E-state index contributed by atoms with van der Waals surface area (Å²) in [7, 11) is 1.56. The lowest BCUT2D eigenvalue weighted by Crippen LogP contribution is -2.14. The molecule has 2 aromatic rings. The van der Waals surface area contributed by atoms with Gasteiger partial charge in [0.05, 0.1) is 19.2 Å². The number of hydrogen-bond acceptors (Lipinski definition) is 3. The molecule has 0 atom stereocenters. The summed E-state index contributed by atoms with van der Waals surface area (Å²) in [5.41, 5.74) is 1.59. The molecule has 1 aromatic heterocycles. The minimum Gasteiger partial charge on any atom is -0.497 e. The number of carboxylic acids is 1. The molecule has 0 unspecified atom stereocenters. The molecule has 6 heteroatoms. The number of carbonyl (C=O) groups is 2. The van der Waals surface area contributed by atoms with Crippen molar-refractivity contribution in [2.45, 2.75) is 19.9 Å². The van der Waals surface area contributed by atoms with Crippen LogP contribution < -0.4 is 4.74 Å². The van der Waals surface area contributed by atoms with Crippen molar-refractivity contribution >= 4 is 27.7 Å². The smallest absolute Gasteiger partial charge is 0.309 e. The molecule has 0 fully saturated rings. The summed E-state index contributed by atoms with van der Waals surface area (Å²) in [5, 5.41) is 9.00. The predicted molar refractivity (Wildman–Crippen MR) is 85.6 cm³/mol. The normalized spacial score (nSPS) is 10.5. The van der Waals surface area contributed by atoms with Crippen LogP contribution in [0.1, 0.15) is 28.7 Å². The number of nitrogens with zero attached hydrogens (tertiary/aromatic N) is 1. The van der Waals surface area contributed by atoms with Crippen molar-refractivity contribution in [1.29, 1.82) is 0 Å². The zero-order chi connectivity index (χ0) is 16.3. The van der Waals surface area contributed by atoms with Crippen LogP contribution in [-0.4, -0.2) is 28.5 Å². The van der Waals surface area contributed by atoms with E-state index in [1.165, 1.54) is 0 Å². The molecule has 116 valence electrons. The van der Waals surface area contributed by atoms with Crippen LogP contribution in [0.2, 0.25) is 0 Å². The molecule has 2 rings (SSSR count). The quantitative estimate of drug-likeness (QED) is 0.798. The minimum atomic E-state index is -0.933. The van der Waals surface area contributed by atoms with Crippen LogP contribution in [0.4, 0.5) is 0 Å². The van der Waals surface area contributed by atoms with Crippen molar-refractivity contribution in [3.05, 3.63) is 51.8 Å². The highest BCUT2D eigenvalue weighted by atomic mass is 79.9. The van der Waals surface area contributed by atoms with Gasteiger partial charge in [-0.05, 0) is 53.2 Å². The van der Waals surface area contributed by atoms with Gasteiger partial charge in [0.2, 0.25) is 5.78 Å². The molecule has 0 saturated heterocycles. The van der Waals surface area contributed by atoms with Gasteiger partial charge in [-0.2, -0.15) is 0 Å². The van der Waals surface area contributed by atoms with Crippen molar-refractivity contribution in [1.82, 2.24) is 4.57 Å². The van der Waals surface area contributed by atoms with Crippen LogP contribution in [0, 0.1) is 0 Å². The zero-order valence-electron chi connectivity index (χ0n) is 12.3. The number of carbonyl (C=O) groups excluding carboxylic acids is 1. The Morgan fingerprint density at radius 1 is 1.27 bits per heavy atom. The third kappa shape index (κ3) is 3.22. The molecule has 0 aliphatic rings. The predicted octanol–water partition coefficient (Wildman–Crippen LogP) is 3.14. The molecule has 0 aliphatic heterocycles. The Labute approximate surface area is 136 Å². The van der Waals surface area contributed by atoms with Gasteiger partial charge in [0.15, 0.2) is 0 Å². The molecule has 5 nitrogen and oxygen atoms in total. The first-order chi connectivity index (χ1) is 10.5. The van der Waals surface area contributed by atoms with Crippen molar-refractivity contribution in [3.63, 3.8) is 0 Å². The van der Waals surface area contributed by atoms with Crippen LogP contribution in [-0.2, 0) is 17.8 Å². The molecule has 0 bridgehead atoms. The van der Waals surface area contributed by atoms with Gasteiger partial charge in [0.25, 0.3) is 0 Å². The maximum atomic E-state index is 12.6. The van der Waals surface area contributed by atoms with Gasteiger partial charge in [-0.25, -0.2) is 0 Å². The highest BCUT2D eigenvalue weighted by Gasteiger charge is 2.20. The highest BCUT2D eigenvalue weighted by Crippen LogP contribution is 2.25. The average molecular weight is 366 g/mol. The number of ketones is 1. The Morgan fingerprint density at radius 2 is 1.91 bits per heavy atom. The second-order valence-corrected chi connectivity index (χ2v) is 5.55. The van der Waals surface area contributed by atoms with Gasteiger partial charge in [-0.3, -0.25) is 9.59 Å². The third-order valence-corrected chi connectivity index (χ3v) is 4.06. The van der Waals surface area contributed by atoms with E-state index in [-0.39, 0.29) is 12.2 Å². The summed E-state index contributed by atoms with van der Waals surface area (Å²) in [4.78, 5) is 23.6. The van der Waals surface area contributed by atoms with E-state index in [2.05, 4.69) is 15.9 Å². The Kier molecular flexibility index (Phi) is 5.03. The van der Waals surface area contributed by atoms with Crippen molar-refractivity contribution < 1.29 is 19.4 Å². The average Bonchev–Trinajstić information content (AvgIpc) is 2.82. The topological polar surface area (TPSA) is 68.5 Å². The molecule has 1 N–H and O–H groups in total. The molecule has 0 radical (unpaired) electrons. The van der Waals surface area contributed by atoms with E-state index >= 15 is 0 Å². The molecule has 0 saturated carbocycles. The number of aliphatic carboxylic acids is 1. The first-order valence-corrected chi connectivity index (χ1v) is 7.55. The summed E-state index contributed by atoms with van der Waals surface area (Å²) in [5.74, 6) is -0.408. The van der Waals surface area contributed by atoms with E-state index in [4.69, 9.17) is 9.84 Å². The molecule has 0 amide bonds. The van der Waals surface area contributed by atoms with Crippen molar-refractivity contribution in [2.75, 3.05) is 7.11 Å². The number of aromatic nitrogens is 1. The molecular formula is C16H16BrNO4. The summed E-state index contributed by atoms with van der Waals surface area (Å²) in [6.07, 6.45) is -0.135. The van der Waals surface area contributed by atoms with Gasteiger partial charge >= 0.3 is 5.97 Å². The second-order valence-electron chi connectivity index (χ2n) is 4.70. The van der Waals surface area contributed by atoms with Gasteiger partial charge in [0.1, 0.15) is 5.75 Å². The monoisotopic (exact) mass is 365 g/mol. The van der Waals surface area contributed by atoms with Crippen LogP contribution in [0.25, 0.3) is 0 Å². The highest BCUT2D eigenvalue weighted by molar-refractivity contribution is 9.10. The minimum absolute atomic E-state index is 0.135. The largest absolute Gasteiger partial charge is 0.497 e. The lowest BCUT2D eigenvalue weighted by molar-refractivity contribution is -0.136. The first-order valence-electron chi connectivity index (χ1n) is 6.76. The van der Waals surface area contributed by atoms with Gasteiger partial charge < -0.3 is 14.4 Å². The number of methoxy groups -OCH3 is 1. The van der Waals surface area contributed by atoms with Gasteiger partial charge in [0, 0.05) is 22.3 Å². The van der Waals surface area contributed by atoms with E-state index < -0.39 is 5.97 Å². The van der Waals surface area contributed by atoms with E-state index in [0.717, 1.165) is 0 Å². The lowest BCUT2D eigenvalue weighted by Gasteiger charge is -2.10. The SMILES string of the molecule is CCn1c(C(=O)c2ccc(OC)cc2)cc(Br)c1CC(=O)O. The van der Waals surface area contributed by atoms with E-state index in [1.54, 1.807) is 42.0 Å². The second kappa shape index (κ2) is 6.79. The number of rotatable bonds is 6. The summed E-state index contributed by atoms with van der Waals surface area (Å²) in [6.45, 7) is 2.40. The third-order valence-electron chi connectivity index (χ3n) is 3.38. The number of benzene rings is 1. The van der Waals surface area contributed by atoms with E-state index in [0.29, 0.717) is 33.7 Å². The van der Waals surface area contributed by atoms with Gasteiger partial charge in [-0.1, -0.05) is 0 Å². The summed E-state index contributed by atoms with van der Waals surface area (Å²) < 4.78 is 7.44. The van der Waals surface area contributed by atoms with Crippen LogP contribution in [0.3, 0.4) is 0 Å². The van der Waals surface area contributed by atoms with Crippen molar-refractivity contribution in [2.24, 2.45) is 0 Å². The summed E-state index contributed by atoms with van der Waals surface area (Å²) >= 11 is 3.34. The molecule has 1 heterocycles. The fourth-order valence-electron chi connectivity index (χ4n) is 2.32. The molecular weight excluding hydrogens is 350 g/mol. The number of ether oxygens (including phenoxy) is 1. The Bertz CT molecular complexity index is 704. The molecule has 22 heavy (non-hydrogen) atoms. The maximum Gasteiger partial charge on any atom is 0.309 e. The maximum absolute atomic E-state index is 12.6. The van der Waals surface area contributed by atoms with E-state index in [9.17, 15) is 9.59 Å². The Hall–Kier alpha value is -2.08. The number of carboxylic acid groups (broad SMARTS) is 1. The number of hydrogen-bond donors (Lipinski definition) is 1. The van der Waals surface area contributed by atoms with Crippen LogP contribution >= 0.6 is 15.9 Å². The fourth-order valence-corrected chi connectivity index (χ4v) is 2.89. The fraction of sp³-hybridized carbons (Fsp3) is 0.250. The van der Waals surface area contributed by atoms with Crippen LogP contribution in [0.15, 0.2) is 34.8 Å². The lowest BCUT2D eigenvalue weighted by atomic mass is 10.1. The Balaban J connectivity index is 2.42. The van der Waals surface area contributed by atoms with E-state index in [1.807, 2.05) is 6.92 Å². The van der Waals surface area contributed by atoms with Crippen molar-refractivity contribution in [3.8, 4) is 5.75 Å².